The molecule has 35 heavy (non-hydrogen) atoms. The number of aromatic nitrogens is 4. The molecule has 3 aromatic rings. The second kappa shape index (κ2) is 8.83. The van der Waals surface area contributed by atoms with E-state index in [9.17, 15) is 9.18 Å². The molecular weight excluding hydrogens is 449 g/mol. The van der Waals surface area contributed by atoms with E-state index in [1.807, 2.05) is 23.4 Å². The van der Waals surface area contributed by atoms with Gasteiger partial charge in [0.2, 0.25) is 0 Å². The van der Waals surface area contributed by atoms with Gasteiger partial charge in [-0.1, -0.05) is 0 Å². The molecule has 9 nitrogen and oxygen atoms in total. The van der Waals surface area contributed by atoms with E-state index in [1.165, 1.54) is 18.3 Å². The first kappa shape index (κ1) is 23.1. The Balaban J connectivity index is 1.37. The van der Waals surface area contributed by atoms with E-state index in [0.717, 1.165) is 42.9 Å². The average molecular weight is 480 g/mol. The predicted octanol–water partition coefficient (Wildman–Crippen LogP) is 3.67. The number of anilines is 1. The summed E-state index contributed by atoms with van der Waals surface area (Å²) in [6.45, 7) is 7.85. The van der Waals surface area contributed by atoms with E-state index in [2.05, 4.69) is 21.4 Å². The minimum Gasteiger partial charge on any atom is -0.480 e. The highest BCUT2D eigenvalue weighted by molar-refractivity contribution is 5.75. The van der Waals surface area contributed by atoms with Crippen LogP contribution in [0.25, 0.3) is 11.3 Å². The van der Waals surface area contributed by atoms with Crippen molar-refractivity contribution in [1.82, 2.24) is 30.0 Å². The smallest absolute Gasteiger partial charge is 0.317 e. The molecule has 0 radical (unpaired) electrons. The van der Waals surface area contributed by atoms with Crippen LogP contribution in [0.4, 0.5) is 15.0 Å². The SMILES string of the molecule is CC(C)NC(=O)N1CC[C@@]2(CCn3nc(-c4cnc(N)c(OC(C)c5ncccc5F)c4)cc32)C1. The number of nitrogen functional groups attached to an aromatic ring is 1. The zero-order valence-corrected chi connectivity index (χ0v) is 20.2. The highest BCUT2D eigenvalue weighted by Crippen LogP contribution is 2.44. The molecule has 0 saturated carbocycles. The summed E-state index contributed by atoms with van der Waals surface area (Å²) in [5.41, 5.74) is 8.82. The lowest BCUT2D eigenvalue weighted by atomic mass is 9.82. The Hall–Kier alpha value is -3.69. The van der Waals surface area contributed by atoms with Crippen molar-refractivity contribution < 1.29 is 13.9 Å². The van der Waals surface area contributed by atoms with Gasteiger partial charge in [-0.2, -0.15) is 5.10 Å². The number of hydrogen-bond acceptors (Lipinski definition) is 6. The van der Waals surface area contributed by atoms with Crippen LogP contribution in [0, 0.1) is 5.82 Å². The fraction of sp³-hybridized carbons (Fsp3) is 0.440. The predicted molar refractivity (Wildman–Crippen MR) is 129 cm³/mol. The van der Waals surface area contributed by atoms with Crippen LogP contribution in [0.5, 0.6) is 5.75 Å². The summed E-state index contributed by atoms with van der Waals surface area (Å²) in [4.78, 5) is 22.8. The lowest BCUT2D eigenvalue weighted by molar-refractivity contribution is 0.203. The second-order valence-electron chi connectivity index (χ2n) is 9.68. The van der Waals surface area contributed by atoms with Crippen LogP contribution in [0.2, 0.25) is 0 Å². The van der Waals surface area contributed by atoms with Gasteiger partial charge in [-0.15, -0.1) is 0 Å². The summed E-state index contributed by atoms with van der Waals surface area (Å²) in [5.74, 6) is 0.120. The highest BCUT2D eigenvalue weighted by atomic mass is 19.1. The lowest BCUT2D eigenvalue weighted by Gasteiger charge is -2.24. The number of halogens is 1. The number of pyridine rings is 2. The molecule has 2 aliphatic heterocycles. The number of urea groups is 1. The van der Waals surface area contributed by atoms with Gasteiger partial charge in [0, 0.05) is 54.7 Å². The van der Waals surface area contributed by atoms with Gasteiger partial charge >= 0.3 is 6.03 Å². The van der Waals surface area contributed by atoms with Gasteiger partial charge in [-0.05, 0) is 57.9 Å². The summed E-state index contributed by atoms with van der Waals surface area (Å²) in [7, 11) is 0. The number of carbonyl (C=O) groups excluding carboxylic acids is 1. The minimum atomic E-state index is -0.646. The van der Waals surface area contributed by atoms with Crippen molar-refractivity contribution in [2.75, 3.05) is 18.8 Å². The van der Waals surface area contributed by atoms with Gasteiger partial charge in [0.1, 0.15) is 17.6 Å². The Labute approximate surface area is 203 Å². The maximum atomic E-state index is 14.1. The largest absolute Gasteiger partial charge is 0.480 e. The number of nitrogens with zero attached hydrogens (tertiary/aromatic N) is 5. The third kappa shape index (κ3) is 4.28. The zero-order valence-electron chi connectivity index (χ0n) is 20.2. The van der Waals surface area contributed by atoms with Crippen molar-refractivity contribution in [3.63, 3.8) is 0 Å². The van der Waals surface area contributed by atoms with Crippen LogP contribution in [0.15, 0.2) is 36.7 Å². The van der Waals surface area contributed by atoms with Crippen molar-refractivity contribution in [2.45, 2.75) is 57.7 Å². The van der Waals surface area contributed by atoms with E-state index < -0.39 is 11.9 Å². The zero-order chi connectivity index (χ0) is 24.7. The quantitative estimate of drug-likeness (QED) is 0.578. The molecule has 1 spiro atoms. The Kier molecular flexibility index (Phi) is 5.82. The van der Waals surface area contributed by atoms with Gasteiger partial charge in [-0.25, -0.2) is 14.2 Å². The topological polar surface area (TPSA) is 111 Å². The number of hydrogen-bond donors (Lipinski definition) is 2. The molecule has 5 rings (SSSR count). The number of carbonyl (C=O) groups is 1. The van der Waals surface area contributed by atoms with E-state index in [1.54, 1.807) is 19.2 Å². The van der Waals surface area contributed by atoms with Gasteiger partial charge in [0.25, 0.3) is 0 Å². The van der Waals surface area contributed by atoms with Gasteiger partial charge in [-0.3, -0.25) is 9.67 Å². The first-order valence-corrected chi connectivity index (χ1v) is 11.9. The number of ether oxygens (including phenoxy) is 1. The molecule has 3 N–H and O–H groups in total. The van der Waals surface area contributed by atoms with Crippen molar-refractivity contribution in [2.24, 2.45) is 0 Å². The van der Waals surface area contributed by atoms with E-state index in [-0.39, 0.29) is 29.0 Å². The average Bonchev–Trinajstić information content (AvgIpc) is 3.52. The number of likely N-dealkylation sites (tertiary alicyclic amines) is 1. The molecule has 184 valence electrons. The van der Waals surface area contributed by atoms with Crippen LogP contribution in [0.1, 0.15) is 51.1 Å². The monoisotopic (exact) mass is 479 g/mol. The number of fused-ring (bicyclic) bond motifs is 2. The molecule has 1 fully saturated rings. The molecule has 3 aromatic heterocycles. The molecular formula is C25H30FN7O2. The van der Waals surface area contributed by atoms with Crippen molar-refractivity contribution in [3.05, 3.63) is 53.9 Å². The number of nitrogens with two attached hydrogens (primary N) is 1. The number of rotatable bonds is 5. The highest BCUT2D eigenvalue weighted by Gasteiger charge is 2.47. The summed E-state index contributed by atoms with van der Waals surface area (Å²) < 4.78 is 22.1. The molecule has 5 heterocycles. The van der Waals surface area contributed by atoms with Crippen molar-refractivity contribution in [1.29, 1.82) is 0 Å². The van der Waals surface area contributed by atoms with Crippen LogP contribution in [-0.4, -0.2) is 49.8 Å². The number of amides is 2. The van der Waals surface area contributed by atoms with E-state index in [4.69, 9.17) is 15.6 Å². The Morgan fingerprint density at radius 1 is 1.23 bits per heavy atom. The molecule has 1 saturated heterocycles. The van der Waals surface area contributed by atoms with Crippen LogP contribution in [-0.2, 0) is 12.0 Å². The molecule has 0 aliphatic carbocycles. The third-order valence-electron chi connectivity index (χ3n) is 6.83. The second-order valence-corrected chi connectivity index (χ2v) is 9.68. The van der Waals surface area contributed by atoms with E-state index >= 15 is 0 Å². The Morgan fingerprint density at radius 3 is 2.80 bits per heavy atom. The van der Waals surface area contributed by atoms with E-state index in [0.29, 0.717) is 12.3 Å². The summed E-state index contributed by atoms with van der Waals surface area (Å²) in [6, 6.07) is 6.83. The van der Waals surface area contributed by atoms with Gasteiger partial charge < -0.3 is 20.7 Å². The normalized spacial score (nSPS) is 19.9. The molecule has 2 aliphatic rings. The molecule has 2 amide bonds. The molecule has 10 heteroatoms. The summed E-state index contributed by atoms with van der Waals surface area (Å²) >= 11 is 0. The molecule has 1 unspecified atom stereocenters. The molecule has 0 bridgehead atoms. The third-order valence-corrected chi connectivity index (χ3v) is 6.83. The standard InChI is InChI=1S/C25H30FN7O2/c1-15(2)30-24(34)32-9-6-25(14-32)7-10-33-21(25)12-19(31-33)17-11-20(23(27)29-13-17)35-16(3)22-18(26)5-4-8-28-22/h4-5,8,11-13,15-16H,6-7,9-10,14H2,1-3H3,(H2,27,29)(H,30,34)/t16?,25-/m1/s1. The van der Waals surface area contributed by atoms with Crippen LogP contribution in [0.3, 0.4) is 0 Å². The Morgan fingerprint density at radius 2 is 2.03 bits per heavy atom. The molecule has 0 aromatic carbocycles. The summed E-state index contributed by atoms with van der Waals surface area (Å²) in [6.07, 6.45) is 4.41. The van der Waals surface area contributed by atoms with Crippen LogP contribution >= 0.6 is 0 Å². The van der Waals surface area contributed by atoms with Crippen LogP contribution < -0.4 is 15.8 Å². The Bertz CT molecular complexity index is 1260. The minimum absolute atomic E-state index is 0.0157. The van der Waals surface area contributed by atoms with Gasteiger partial charge in [0.05, 0.1) is 5.69 Å². The van der Waals surface area contributed by atoms with Gasteiger partial charge in [0.15, 0.2) is 11.6 Å². The first-order chi connectivity index (χ1) is 16.8. The van der Waals surface area contributed by atoms with Crippen molar-refractivity contribution in [3.8, 4) is 17.0 Å². The number of nitrogens with one attached hydrogen (secondary N) is 1. The fourth-order valence-corrected chi connectivity index (χ4v) is 5.03. The maximum absolute atomic E-state index is 14.1. The van der Waals surface area contributed by atoms with Crippen molar-refractivity contribution >= 4 is 11.8 Å². The lowest BCUT2D eigenvalue weighted by Crippen LogP contribution is -2.43. The maximum Gasteiger partial charge on any atom is 0.317 e. The first-order valence-electron chi connectivity index (χ1n) is 11.9. The fourth-order valence-electron chi connectivity index (χ4n) is 5.03. The number of aryl methyl sites for hydroxylation is 1. The summed E-state index contributed by atoms with van der Waals surface area (Å²) in [5, 5.41) is 7.80. The molecule has 2 atom stereocenters.